The fourth-order valence-electron chi connectivity index (χ4n) is 4.96. The van der Waals surface area contributed by atoms with Gasteiger partial charge in [0.1, 0.15) is 5.56 Å². The van der Waals surface area contributed by atoms with E-state index in [1.54, 1.807) is 0 Å². The van der Waals surface area contributed by atoms with Gasteiger partial charge in [-0.25, -0.2) is 9.36 Å². The van der Waals surface area contributed by atoms with E-state index in [4.69, 9.17) is 0 Å². The zero-order chi connectivity index (χ0) is 21.9. The predicted molar refractivity (Wildman–Crippen MR) is 119 cm³/mol. The first kappa shape index (κ1) is 19.4. The Morgan fingerprint density at radius 1 is 1.06 bits per heavy atom. The summed E-state index contributed by atoms with van der Waals surface area (Å²) in [5.74, 6) is -0.311. The van der Waals surface area contributed by atoms with Gasteiger partial charge in [0.2, 0.25) is 5.88 Å². The second kappa shape index (κ2) is 6.99. The number of nitrogens with zero attached hydrogens (tertiary/aromatic N) is 1. The molecular formula is C24H25N4O3+. The first-order valence-corrected chi connectivity index (χ1v) is 10.4. The third kappa shape index (κ3) is 3.00. The standard InChI is InChI=1S/C24H24N4O3/c1-13-10-14(2)12-15(11-13)28-23(30)19(22(29)26-24(28)31)21-20-17(8-9-27(21)3)16-6-4-5-7-18(16)25-20/h4-7,10-12,21,25,30H,8-9H2,1-3H3,(H,26,29,31)/p+1/t21-/m1/s1. The zero-order valence-corrected chi connectivity index (χ0v) is 17.7. The van der Waals surface area contributed by atoms with Crippen molar-refractivity contribution in [2.24, 2.45) is 0 Å². The van der Waals surface area contributed by atoms with Crippen LogP contribution in [0, 0.1) is 13.8 Å². The van der Waals surface area contributed by atoms with Gasteiger partial charge in [-0.1, -0.05) is 24.3 Å². The molecule has 0 spiro atoms. The van der Waals surface area contributed by atoms with Crippen molar-refractivity contribution >= 4 is 10.9 Å². The highest BCUT2D eigenvalue weighted by atomic mass is 16.3. The van der Waals surface area contributed by atoms with Crippen molar-refractivity contribution in [3.8, 4) is 11.6 Å². The number of aryl methyl sites for hydroxylation is 2. The molecule has 3 heterocycles. The first-order valence-electron chi connectivity index (χ1n) is 10.4. The highest BCUT2D eigenvalue weighted by Gasteiger charge is 2.38. The molecule has 1 aliphatic heterocycles. The van der Waals surface area contributed by atoms with E-state index in [1.165, 1.54) is 4.57 Å². The van der Waals surface area contributed by atoms with Crippen molar-refractivity contribution in [2.75, 3.05) is 13.6 Å². The van der Waals surface area contributed by atoms with Crippen molar-refractivity contribution in [1.82, 2.24) is 14.5 Å². The van der Waals surface area contributed by atoms with Gasteiger partial charge in [0, 0.05) is 17.3 Å². The Labute approximate surface area is 178 Å². The van der Waals surface area contributed by atoms with Crippen LogP contribution in [0.2, 0.25) is 0 Å². The number of hydrogen-bond acceptors (Lipinski definition) is 3. The number of aromatic nitrogens is 3. The highest BCUT2D eigenvalue weighted by molar-refractivity contribution is 5.85. The maximum Gasteiger partial charge on any atom is 0.335 e. The molecule has 1 unspecified atom stereocenters. The largest absolute Gasteiger partial charge is 0.494 e. The summed E-state index contributed by atoms with van der Waals surface area (Å²) in [4.78, 5) is 32.7. The summed E-state index contributed by atoms with van der Waals surface area (Å²) in [5.41, 5.74) is 4.53. The fourth-order valence-corrected chi connectivity index (χ4v) is 4.96. The van der Waals surface area contributed by atoms with Crippen molar-refractivity contribution < 1.29 is 10.0 Å². The van der Waals surface area contributed by atoms with Gasteiger partial charge >= 0.3 is 5.69 Å². The lowest BCUT2D eigenvalue weighted by atomic mass is 9.93. The lowest BCUT2D eigenvalue weighted by molar-refractivity contribution is -0.908. The summed E-state index contributed by atoms with van der Waals surface area (Å²) in [6.45, 7) is 4.67. The molecule has 7 heteroatoms. The number of para-hydroxylation sites is 1. The van der Waals surface area contributed by atoms with E-state index < -0.39 is 17.3 Å². The van der Waals surface area contributed by atoms with E-state index in [2.05, 4.69) is 16.0 Å². The molecule has 5 rings (SSSR count). The minimum atomic E-state index is -0.651. The van der Waals surface area contributed by atoms with Gasteiger partial charge in [0.05, 0.1) is 25.0 Å². The quantitative estimate of drug-likeness (QED) is 0.398. The number of nitrogens with one attached hydrogen (secondary N) is 3. The molecule has 158 valence electrons. The monoisotopic (exact) mass is 417 g/mol. The number of H-pyrrole nitrogens is 2. The van der Waals surface area contributed by atoms with Gasteiger partial charge in [-0.3, -0.25) is 9.78 Å². The molecule has 0 saturated carbocycles. The van der Waals surface area contributed by atoms with Crippen LogP contribution < -0.4 is 16.1 Å². The second-order valence-electron chi connectivity index (χ2n) is 8.52. The third-order valence-corrected chi connectivity index (χ3v) is 6.27. The van der Waals surface area contributed by atoms with E-state index >= 15 is 0 Å². The molecule has 2 aromatic heterocycles. The summed E-state index contributed by atoms with van der Waals surface area (Å²) in [7, 11) is 2.00. The predicted octanol–water partition coefficient (Wildman–Crippen LogP) is 1.49. The summed E-state index contributed by atoms with van der Waals surface area (Å²) < 4.78 is 1.20. The molecule has 0 aliphatic carbocycles. The van der Waals surface area contributed by atoms with Crippen molar-refractivity contribution in [3.63, 3.8) is 0 Å². The van der Waals surface area contributed by atoms with Gasteiger partial charge in [-0.05, 0) is 48.7 Å². The van der Waals surface area contributed by atoms with E-state index in [-0.39, 0.29) is 11.4 Å². The Morgan fingerprint density at radius 3 is 2.52 bits per heavy atom. The summed E-state index contributed by atoms with van der Waals surface area (Å²) in [6.07, 6.45) is 0.872. The van der Waals surface area contributed by atoms with Crippen LogP contribution in [-0.4, -0.2) is 33.2 Å². The molecule has 1 aliphatic rings. The maximum atomic E-state index is 13.0. The van der Waals surface area contributed by atoms with Crippen molar-refractivity contribution in [1.29, 1.82) is 0 Å². The van der Waals surface area contributed by atoms with Crippen LogP contribution in [-0.2, 0) is 6.42 Å². The van der Waals surface area contributed by atoms with Crippen LogP contribution in [0.25, 0.3) is 16.6 Å². The first-order chi connectivity index (χ1) is 14.8. The topological polar surface area (TPSA) is 95.3 Å². The van der Waals surface area contributed by atoms with Crippen LogP contribution in [0.5, 0.6) is 5.88 Å². The van der Waals surface area contributed by atoms with Gasteiger partial charge in [0.25, 0.3) is 5.56 Å². The van der Waals surface area contributed by atoms with Crippen molar-refractivity contribution in [2.45, 2.75) is 26.3 Å². The smallest absolute Gasteiger partial charge is 0.335 e. The average molecular weight is 417 g/mol. The highest BCUT2D eigenvalue weighted by Crippen LogP contribution is 2.33. The van der Waals surface area contributed by atoms with E-state index in [9.17, 15) is 14.7 Å². The molecule has 4 aromatic rings. The molecule has 7 nitrogen and oxygen atoms in total. The Balaban J connectivity index is 1.79. The summed E-state index contributed by atoms with van der Waals surface area (Å²) in [6, 6.07) is 13.3. The normalized spacial score (nSPS) is 18.3. The lowest BCUT2D eigenvalue weighted by Gasteiger charge is -2.30. The van der Waals surface area contributed by atoms with Gasteiger partial charge in [-0.2, -0.15) is 0 Å². The second-order valence-corrected chi connectivity index (χ2v) is 8.52. The summed E-state index contributed by atoms with van der Waals surface area (Å²) >= 11 is 0. The minimum Gasteiger partial charge on any atom is -0.494 e. The van der Waals surface area contributed by atoms with Crippen molar-refractivity contribution in [3.05, 3.63) is 91.3 Å². The van der Waals surface area contributed by atoms with E-state index in [0.29, 0.717) is 5.69 Å². The molecule has 31 heavy (non-hydrogen) atoms. The molecular weight excluding hydrogens is 392 g/mol. The van der Waals surface area contributed by atoms with E-state index in [1.807, 2.05) is 57.3 Å². The Hall–Kier alpha value is -3.58. The minimum absolute atomic E-state index is 0.198. The molecule has 2 aromatic carbocycles. The van der Waals surface area contributed by atoms with Crippen LogP contribution >= 0.6 is 0 Å². The molecule has 0 saturated heterocycles. The van der Waals surface area contributed by atoms with E-state index in [0.717, 1.165) is 51.2 Å². The number of benzene rings is 2. The van der Waals surface area contributed by atoms with Crippen LogP contribution in [0.1, 0.15) is 34.0 Å². The van der Waals surface area contributed by atoms with Gasteiger partial charge in [-0.15, -0.1) is 0 Å². The maximum absolute atomic E-state index is 13.0. The van der Waals surface area contributed by atoms with Crippen LogP contribution in [0.3, 0.4) is 0 Å². The number of aromatic hydroxyl groups is 1. The van der Waals surface area contributed by atoms with Crippen LogP contribution in [0.4, 0.5) is 0 Å². The van der Waals surface area contributed by atoms with Gasteiger partial charge in [0.15, 0.2) is 6.04 Å². The molecule has 4 N–H and O–H groups in total. The lowest BCUT2D eigenvalue weighted by Crippen LogP contribution is -3.10. The number of quaternary nitrogens is 1. The average Bonchev–Trinajstić information content (AvgIpc) is 3.07. The zero-order valence-electron chi connectivity index (χ0n) is 17.7. The number of fused-ring (bicyclic) bond motifs is 3. The third-order valence-electron chi connectivity index (χ3n) is 6.27. The fraction of sp³-hybridized carbons (Fsp3) is 0.250. The molecule has 0 fully saturated rings. The summed E-state index contributed by atoms with van der Waals surface area (Å²) in [5, 5.41) is 12.4. The number of likely N-dealkylation sites (N-methyl/N-ethyl adjacent to an activating group) is 1. The Bertz CT molecular complexity index is 1420. The number of aromatic amines is 2. The van der Waals surface area contributed by atoms with Gasteiger partial charge < -0.3 is 15.0 Å². The Morgan fingerprint density at radius 2 is 1.77 bits per heavy atom. The molecule has 2 atom stereocenters. The number of rotatable bonds is 2. The Kier molecular flexibility index (Phi) is 4.37. The SMILES string of the molecule is Cc1cc(C)cc(-n2c(O)c([C@@H]3c4[nH]c5ccccc5c4CC[NH+]3C)c(=O)[nH]c2=O)c1. The molecule has 0 bridgehead atoms. The molecule has 0 radical (unpaired) electrons. The van der Waals surface area contributed by atoms with Crippen LogP contribution in [0.15, 0.2) is 52.1 Å². The molecule has 0 amide bonds. The number of hydrogen-bond donors (Lipinski definition) is 4.